The van der Waals surface area contributed by atoms with Crippen molar-refractivity contribution in [2.75, 3.05) is 20.6 Å². The van der Waals surface area contributed by atoms with Crippen LogP contribution in [0.2, 0.25) is 0 Å². The third-order valence-corrected chi connectivity index (χ3v) is 4.87. The quantitative estimate of drug-likeness (QED) is 0.808. The van der Waals surface area contributed by atoms with Gasteiger partial charge >= 0.3 is 0 Å². The van der Waals surface area contributed by atoms with Gasteiger partial charge in [0, 0.05) is 12.6 Å². The van der Waals surface area contributed by atoms with Gasteiger partial charge in [0.1, 0.15) is 0 Å². The maximum absolute atomic E-state index is 12.2. The predicted molar refractivity (Wildman–Crippen MR) is 75.4 cm³/mol. The molecule has 0 aliphatic heterocycles. The lowest BCUT2D eigenvalue weighted by Gasteiger charge is -2.20. The van der Waals surface area contributed by atoms with Crippen molar-refractivity contribution in [2.24, 2.45) is 0 Å². The van der Waals surface area contributed by atoms with Crippen LogP contribution in [0.5, 0.6) is 0 Å². The van der Waals surface area contributed by atoms with Crippen molar-refractivity contribution in [3.63, 3.8) is 0 Å². The van der Waals surface area contributed by atoms with Crippen LogP contribution in [0.1, 0.15) is 18.1 Å². The van der Waals surface area contributed by atoms with Gasteiger partial charge in [-0.2, -0.15) is 0 Å². The summed E-state index contributed by atoms with van der Waals surface area (Å²) in [7, 11) is 0.259. The van der Waals surface area contributed by atoms with Gasteiger partial charge in [-0.25, -0.2) is 13.1 Å². The topological polar surface area (TPSA) is 69.6 Å². The van der Waals surface area contributed by atoms with Crippen LogP contribution in [0.3, 0.4) is 0 Å². The Balaban J connectivity index is 2.95. The van der Waals surface area contributed by atoms with Crippen molar-refractivity contribution in [3.05, 3.63) is 29.3 Å². The van der Waals surface area contributed by atoms with Crippen LogP contribution in [0, 0.1) is 6.92 Å². The number of benzene rings is 1. The molecule has 6 heteroatoms. The Morgan fingerprint density at radius 3 is 2.53 bits per heavy atom. The fraction of sp³-hybridized carbons (Fsp3) is 0.538. The number of sulfonamides is 1. The number of nitrogens with one attached hydrogen (secondary N) is 1. The molecule has 1 rings (SSSR count). The number of likely N-dealkylation sites (N-methyl/N-ethyl adjacent to an activating group) is 1. The predicted octanol–water partition coefficient (Wildman–Crippen LogP) is 0.716. The molecule has 0 spiro atoms. The third-order valence-electron chi connectivity index (χ3n) is 3.31. The second-order valence-corrected chi connectivity index (χ2v) is 6.60. The maximum Gasteiger partial charge on any atom is 0.240 e. The van der Waals surface area contributed by atoms with Crippen molar-refractivity contribution < 1.29 is 13.5 Å². The first-order valence-electron chi connectivity index (χ1n) is 6.15. The zero-order chi connectivity index (χ0) is 14.6. The normalized spacial score (nSPS) is 13.8. The van der Waals surface area contributed by atoms with Crippen LogP contribution in [-0.4, -0.2) is 45.1 Å². The SMILES string of the molecule is Cc1c(CO)cccc1S(=O)(=O)NCC(C)N(C)C. The first-order valence-corrected chi connectivity index (χ1v) is 7.63. The van der Waals surface area contributed by atoms with Gasteiger partial charge in [-0.1, -0.05) is 12.1 Å². The summed E-state index contributed by atoms with van der Waals surface area (Å²) in [6.45, 7) is 3.83. The highest BCUT2D eigenvalue weighted by molar-refractivity contribution is 7.89. The first-order chi connectivity index (χ1) is 8.79. The molecule has 1 aromatic rings. The Kier molecular flexibility index (Phi) is 5.49. The minimum absolute atomic E-state index is 0.108. The standard InChI is InChI=1S/C13H22N2O3S/c1-10(15(3)4)8-14-19(17,18)13-7-5-6-12(9-16)11(13)2/h5-7,10,14,16H,8-9H2,1-4H3. The summed E-state index contributed by atoms with van der Waals surface area (Å²) in [6.07, 6.45) is 0. The maximum atomic E-state index is 12.2. The molecule has 1 aromatic carbocycles. The van der Waals surface area contributed by atoms with Gasteiger partial charge in [-0.3, -0.25) is 0 Å². The lowest BCUT2D eigenvalue weighted by Crippen LogP contribution is -2.38. The monoisotopic (exact) mass is 286 g/mol. The van der Waals surface area contributed by atoms with Crippen molar-refractivity contribution in [1.29, 1.82) is 0 Å². The number of hydrogen-bond acceptors (Lipinski definition) is 4. The second kappa shape index (κ2) is 6.47. The highest BCUT2D eigenvalue weighted by Gasteiger charge is 2.19. The van der Waals surface area contributed by atoms with E-state index in [0.29, 0.717) is 17.7 Å². The molecule has 1 atom stereocenters. The molecule has 0 amide bonds. The molecule has 5 nitrogen and oxygen atoms in total. The molecule has 0 radical (unpaired) electrons. The van der Waals surface area contributed by atoms with Gasteiger partial charge in [0.2, 0.25) is 10.0 Å². The Morgan fingerprint density at radius 1 is 1.37 bits per heavy atom. The summed E-state index contributed by atoms with van der Waals surface area (Å²) in [5.74, 6) is 0. The first kappa shape index (κ1) is 16.1. The average Bonchev–Trinajstić information content (AvgIpc) is 2.35. The molecule has 0 fully saturated rings. The van der Waals surface area contributed by atoms with E-state index < -0.39 is 10.0 Å². The summed E-state index contributed by atoms with van der Waals surface area (Å²) in [4.78, 5) is 2.17. The average molecular weight is 286 g/mol. The third kappa shape index (κ3) is 4.01. The lowest BCUT2D eigenvalue weighted by molar-refractivity contribution is 0.280. The lowest BCUT2D eigenvalue weighted by atomic mass is 10.1. The highest BCUT2D eigenvalue weighted by Crippen LogP contribution is 2.18. The fourth-order valence-corrected chi connectivity index (χ4v) is 3.02. The van der Waals surface area contributed by atoms with E-state index in [1.807, 2.05) is 25.9 Å². The van der Waals surface area contributed by atoms with Crippen LogP contribution >= 0.6 is 0 Å². The van der Waals surface area contributed by atoms with Crippen LogP contribution in [0.25, 0.3) is 0 Å². The molecule has 0 saturated heterocycles. The molecule has 0 heterocycles. The summed E-state index contributed by atoms with van der Waals surface area (Å²) in [5.41, 5.74) is 1.22. The van der Waals surface area contributed by atoms with E-state index in [0.717, 1.165) is 0 Å². The zero-order valence-electron chi connectivity index (χ0n) is 11.8. The van der Waals surface area contributed by atoms with Crippen LogP contribution in [-0.2, 0) is 16.6 Å². The van der Waals surface area contributed by atoms with Gasteiger partial charge < -0.3 is 10.0 Å². The van der Waals surface area contributed by atoms with E-state index in [9.17, 15) is 13.5 Å². The van der Waals surface area contributed by atoms with Crippen molar-refractivity contribution in [3.8, 4) is 0 Å². The Morgan fingerprint density at radius 2 is 2.00 bits per heavy atom. The molecule has 1 unspecified atom stereocenters. The molecule has 0 aromatic heterocycles. The number of aliphatic hydroxyl groups excluding tert-OH is 1. The van der Waals surface area contributed by atoms with Crippen LogP contribution in [0.4, 0.5) is 0 Å². The second-order valence-electron chi connectivity index (χ2n) is 4.86. The smallest absolute Gasteiger partial charge is 0.240 e. The van der Waals surface area contributed by atoms with Gasteiger partial charge in [0.15, 0.2) is 0 Å². The van der Waals surface area contributed by atoms with E-state index in [4.69, 9.17) is 0 Å². The van der Waals surface area contributed by atoms with Gasteiger partial charge in [-0.15, -0.1) is 0 Å². The number of rotatable bonds is 6. The number of aliphatic hydroxyl groups is 1. The fourth-order valence-electron chi connectivity index (χ4n) is 1.61. The molecule has 19 heavy (non-hydrogen) atoms. The molecule has 0 aliphatic carbocycles. The minimum Gasteiger partial charge on any atom is -0.392 e. The van der Waals surface area contributed by atoms with Crippen molar-refractivity contribution in [1.82, 2.24) is 9.62 Å². The summed E-state index contributed by atoms with van der Waals surface area (Å²) in [5, 5.41) is 9.18. The number of hydrogen-bond donors (Lipinski definition) is 2. The molecular formula is C13H22N2O3S. The van der Waals surface area contributed by atoms with Crippen molar-refractivity contribution in [2.45, 2.75) is 31.4 Å². The Hall–Kier alpha value is -0.950. The van der Waals surface area contributed by atoms with Crippen LogP contribution < -0.4 is 4.72 Å². The van der Waals surface area contributed by atoms with Crippen molar-refractivity contribution >= 4 is 10.0 Å². The van der Waals surface area contributed by atoms with E-state index in [2.05, 4.69) is 4.72 Å². The molecule has 0 bridgehead atoms. The van der Waals surface area contributed by atoms with Gasteiger partial charge in [0.25, 0.3) is 0 Å². The summed E-state index contributed by atoms with van der Waals surface area (Å²) >= 11 is 0. The van der Waals surface area contributed by atoms with E-state index in [1.54, 1.807) is 25.1 Å². The van der Waals surface area contributed by atoms with Gasteiger partial charge in [-0.05, 0) is 45.1 Å². The summed E-state index contributed by atoms with van der Waals surface area (Å²) in [6, 6.07) is 5.02. The Bertz CT molecular complexity index is 527. The largest absolute Gasteiger partial charge is 0.392 e. The van der Waals surface area contributed by atoms with Gasteiger partial charge in [0.05, 0.1) is 11.5 Å². The molecular weight excluding hydrogens is 264 g/mol. The zero-order valence-corrected chi connectivity index (χ0v) is 12.7. The molecule has 2 N–H and O–H groups in total. The molecule has 108 valence electrons. The number of nitrogens with zero attached hydrogens (tertiary/aromatic N) is 1. The van der Waals surface area contributed by atoms with Crippen LogP contribution in [0.15, 0.2) is 23.1 Å². The van der Waals surface area contributed by atoms with E-state index in [1.165, 1.54) is 0 Å². The summed E-state index contributed by atoms with van der Waals surface area (Å²) < 4.78 is 27.1. The highest BCUT2D eigenvalue weighted by atomic mass is 32.2. The molecule has 0 saturated carbocycles. The van der Waals surface area contributed by atoms with E-state index in [-0.39, 0.29) is 17.5 Å². The minimum atomic E-state index is -3.54. The Labute approximate surface area is 115 Å². The molecule has 0 aliphatic rings. The van der Waals surface area contributed by atoms with E-state index >= 15 is 0 Å².